The van der Waals surface area contributed by atoms with E-state index in [9.17, 15) is 5.11 Å². The van der Waals surface area contributed by atoms with Gasteiger partial charge in [-0.25, -0.2) is 0 Å². The maximum Gasteiger partial charge on any atom is 0.231 e. The number of hydrogen-bond donors (Lipinski definition) is 2. The molecule has 1 unspecified atom stereocenters. The molecular formula is C12H16BrNO3. The summed E-state index contributed by atoms with van der Waals surface area (Å²) in [6.07, 6.45) is 0.477. The van der Waals surface area contributed by atoms with Crippen molar-refractivity contribution >= 4 is 15.9 Å². The predicted molar refractivity (Wildman–Crippen MR) is 68.3 cm³/mol. The molecule has 1 atom stereocenters. The molecule has 1 aromatic carbocycles. The Labute approximate surface area is 109 Å². The zero-order valence-corrected chi connectivity index (χ0v) is 11.3. The van der Waals surface area contributed by atoms with Crippen LogP contribution in [0.5, 0.6) is 11.5 Å². The van der Waals surface area contributed by atoms with E-state index in [1.165, 1.54) is 0 Å². The van der Waals surface area contributed by atoms with Gasteiger partial charge < -0.3 is 19.9 Å². The summed E-state index contributed by atoms with van der Waals surface area (Å²) in [7, 11) is 0. The zero-order valence-electron chi connectivity index (χ0n) is 9.70. The minimum Gasteiger partial charge on any atom is -0.454 e. The van der Waals surface area contributed by atoms with Crippen molar-refractivity contribution < 1.29 is 14.6 Å². The summed E-state index contributed by atoms with van der Waals surface area (Å²) in [5.74, 6) is 1.54. The number of fused-ring (bicyclic) bond motifs is 1. The van der Waals surface area contributed by atoms with Crippen molar-refractivity contribution in [2.75, 3.05) is 13.3 Å². The van der Waals surface area contributed by atoms with Gasteiger partial charge in [-0.3, -0.25) is 0 Å². The van der Waals surface area contributed by atoms with Crippen LogP contribution in [0.2, 0.25) is 0 Å². The largest absolute Gasteiger partial charge is 0.454 e. The second-order valence-corrected chi connectivity index (χ2v) is 4.86. The topological polar surface area (TPSA) is 50.7 Å². The van der Waals surface area contributed by atoms with Crippen LogP contribution in [0.4, 0.5) is 0 Å². The molecule has 5 heteroatoms. The maximum absolute atomic E-state index is 9.43. The standard InChI is InChI=1S/C12H16BrNO3/c1-2-9(15)6-14-5-8-3-10(13)12-11(4-8)16-7-17-12/h3-4,9,14-15H,2,5-7H2,1H3. The van der Waals surface area contributed by atoms with Crippen molar-refractivity contribution in [1.82, 2.24) is 5.32 Å². The second kappa shape index (κ2) is 5.71. The molecule has 17 heavy (non-hydrogen) atoms. The molecule has 2 rings (SSSR count). The number of benzene rings is 1. The lowest BCUT2D eigenvalue weighted by molar-refractivity contribution is 0.167. The third kappa shape index (κ3) is 3.12. The molecule has 0 radical (unpaired) electrons. The highest BCUT2D eigenvalue weighted by Gasteiger charge is 2.17. The van der Waals surface area contributed by atoms with Gasteiger partial charge in [-0.2, -0.15) is 0 Å². The number of aliphatic hydroxyl groups is 1. The molecule has 2 N–H and O–H groups in total. The van der Waals surface area contributed by atoms with Crippen LogP contribution in [0.3, 0.4) is 0 Å². The Kier molecular flexibility index (Phi) is 4.25. The Bertz CT molecular complexity index is 398. The summed E-state index contributed by atoms with van der Waals surface area (Å²) < 4.78 is 11.6. The summed E-state index contributed by atoms with van der Waals surface area (Å²) >= 11 is 3.45. The highest BCUT2D eigenvalue weighted by molar-refractivity contribution is 9.10. The fourth-order valence-electron chi connectivity index (χ4n) is 1.65. The Balaban J connectivity index is 1.96. The monoisotopic (exact) mass is 301 g/mol. The van der Waals surface area contributed by atoms with E-state index in [1.54, 1.807) is 0 Å². The number of aliphatic hydroxyl groups excluding tert-OH is 1. The van der Waals surface area contributed by atoms with Crippen molar-refractivity contribution in [3.8, 4) is 11.5 Å². The summed E-state index contributed by atoms with van der Waals surface area (Å²) in [5.41, 5.74) is 1.10. The first kappa shape index (κ1) is 12.7. The fourth-order valence-corrected chi connectivity index (χ4v) is 2.25. The lowest BCUT2D eigenvalue weighted by Crippen LogP contribution is -2.25. The molecule has 0 bridgehead atoms. The zero-order chi connectivity index (χ0) is 12.3. The molecule has 0 aliphatic carbocycles. The van der Waals surface area contributed by atoms with E-state index in [0.29, 0.717) is 13.1 Å². The van der Waals surface area contributed by atoms with E-state index < -0.39 is 0 Å². The van der Waals surface area contributed by atoms with Gasteiger partial charge in [0.2, 0.25) is 6.79 Å². The minimum atomic E-state index is -0.285. The summed E-state index contributed by atoms with van der Waals surface area (Å²) in [6.45, 7) is 3.54. The number of ether oxygens (including phenoxy) is 2. The van der Waals surface area contributed by atoms with Crippen molar-refractivity contribution in [2.45, 2.75) is 26.0 Å². The first-order chi connectivity index (χ1) is 8.20. The van der Waals surface area contributed by atoms with Gasteiger partial charge in [-0.05, 0) is 40.0 Å². The molecule has 94 valence electrons. The highest BCUT2D eigenvalue weighted by Crippen LogP contribution is 2.39. The number of hydrogen-bond acceptors (Lipinski definition) is 4. The van der Waals surface area contributed by atoms with Gasteiger partial charge in [-0.1, -0.05) is 6.92 Å². The molecule has 0 amide bonds. The Hall–Kier alpha value is -0.780. The fraction of sp³-hybridized carbons (Fsp3) is 0.500. The van der Waals surface area contributed by atoms with E-state index in [4.69, 9.17) is 9.47 Å². The van der Waals surface area contributed by atoms with Gasteiger partial charge in [0.1, 0.15) is 0 Å². The average molecular weight is 302 g/mol. The van der Waals surface area contributed by atoms with E-state index in [0.717, 1.165) is 28.0 Å². The quantitative estimate of drug-likeness (QED) is 0.874. The van der Waals surface area contributed by atoms with Gasteiger partial charge in [0.25, 0.3) is 0 Å². The van der Waals surface area contributed by atoms with Crippen LogP contribution >= 0.6 is 15.9 Å². The normalized spacial score (nSPS) is 15.0. The van der Waals surface area contributed by atoms with Crippen LogP contribution in [0.1, 0.15) is 18.9 Å². The second-order valence-electron chi connectivity index (χ2n) is 4.00. The van der Waals surface area contributed by atoms with Crippen LogP contribution in [0.25, 0.3) is 0 Å². The van der Waals surface area contributed by atoms with Gasteiger partial charge in [0, 0.05) is 13.1 Å². The molecule has 0 aromatic heterocycles. The highest BCUT2D eigenvalue weighted by atomic mass is 79.9. The number of halogens is 1. The predicted octanol–water partition coefficient (Wildman–Crippen LogP) is 2.04. The molecule has 0 saturated heterocycles. The van der Waals surface area contributed by atoms with Crippen molar-refractivity contribution in [3.05, 3.63) is 22.2 Å². The average Bonchev–Trinajstić information content (AvgIpc) is 2.77. The number of nitrogens with one attached hydrogen (secondary N) is 1. The summed E-state index contributed by atoms with van der Waals surface area (Å²) in [6, 6.07) is 3.96. The van der Waals surface area contributed by atoms with Gasteiger partial charge in [0.05, 0.1) is 10.6 Å². The molecule has 1 aliphatic heterocycles. The van der Waals surface area contributed by atoms with E-state index in [2.05, 4.69) is 21.2 Å². The Morgan fingerprint density at radius 2 is 2.29 bits per heavy atom. The summed E-state index contributed by atoms with van der Waals surface area (Å²) in [4.78, 5) is 0. The van der Waals surface area contributed by atoms with E-state index in [1.807, 2.05) is 19.1 Å². The molecule has 1 aliphatic rings. The van der Waals surface area contributed by atoms with E-state index >= 15 is 0 Å². The van der Waals surface area contributed by atoms with Crippen LogP contribution in [0.15, 0.2) is 16.6 Å². The van der Waals surface area contributed by atoms with Crippen LogP contribution in [-0.4, -0.2) is 24.5 Å². The van der Waals surface area contributed by atoms with Crippen LogP contribution in [-0.2, 0) is 6.54 Å². The molecule has 1 heterocycles. The third-order valence-electron chi connectivity index (χ3n) is 2.67. The first-order valence-electron chi connectivity index (χ1n) is 5.67. The molecular weight excluding hydrogens is 286 g/mol. The van der Waals surface area contributed by atoms with Crippen LogP contribution < -0.4 is 14.8 Å². The Morgan fingerprint density at radius 3 is 3.06 bits per heavy atom. The Morgan fingerprint density at radius 1 is 1.47 bits per heavy atom. The minimum absolute atomic E-state index is 0.277. The number of rotatable bonds is 5. The molecule has 0 saturated carbocycles. The third-order valence-corrected chi connectivity index (χ3v) is 3.26. The maximum atomic E-state index is 9.43. The van der Waals surface area contributed by atoms with Crippen molar-refractivity contribution in [3.63, 3.8) is 0 Å². The molecule has 4 nitrogen and oxygen atoms in total. The van der Waals surface area contributed by atoms with Crippen molar-refractivity contribution in [2.24, 2.45) is 0 Å². The molecule has 1 aromatic rings. The summed E-state index contributed by atoms with van der Waals surface area (Å²) in [5, 5.41) is 12.6. The van der Waals surface area contributed by atoms with Gasteiger partial charge in [0.15, 0.2) is 11.5 Å². The lowest BCUT2D eigenvalue weighted by Gasteiger charge is -2.10. The van der Waals surface area contributed by atoms with E-state index in [-0.39, 0.29) is 12.9 Å². The first-order valence-corrected chi connectivity index (χ1v) is 6.46. The van der Waals surface area contributed by atoms with Crippen molar-refractivity contribution in [1.29, 1.82) is 0 Å². The lowest BCUT2D eigenvalue weighted by atomic mass is 10.2. The molecule has 0 spiro atoms. The smallest absolute Gasteiger partial charge is 0.231 e. The molecule has 0 fully saturated rings. The SMILES string of the molecule is CCC(O)CNCc1cc(Br)c2c(c1)OCO2. The van der Waals surface area contributed by atoms with Gasteiger partial charge in [-0.15, -0.1) is 0 Å². The van der Waals surface area contributed by atoms with Crippen LogP contribution in [0, 0.1) is 0 Å². The van der Waals surface area contributed by atoms with Gasteiger partial charge >= 0.3 is 0 Å².